The first-order valence-corrected chi connectivity index (χ1v) is 8.47. The van der Waals surface area contributed by atoms with Crippen LogP contribution in [-0.2, 0) is 11.4 Å². The van der Waals surface area contributed by atoms with E-state index in [1.54, 1.807) is 24.3 Å². The Balaban J connectivity index is 1.63. The number of benzene rings is 3. The molecule has 1 N–H and O–H groups in total. The fraction of sp³-hybridized carbons (Fsp3) is 0.143. The summed E-state index contributed by atoms with van der Waals surface area (Å²) >= 11 is 0. The quantitative estimate of drug-likeness (QED) is 0.516. The van der Waals surface area contributed by atoms with Gasteiger partial charge in [-0.1, -0.05) is 12.1 Å². The van der Waals surface area contributed by atoms with Crippen molar-refractivity contribution in [1.82, 2.24) is 0 Å². The van der Waals surface area contributed by atoms with Gasteiger partial charge in [-0.25, -0.2) is 8.78 Å². The van der Waals surface area contributed by atoms with Crippen molar-refractivity contribution < 1.29 is 23.1 Å². The summed E-state index contributed by atoms with van der Waals surface area (Å²) in [6.45, 7) is 2.34. The van der Waals surface area contributed by atoms with E-state index < -0.39 is 11.6 Å². The van der Waals surface area contributed by atoms with E-state index in [0.717, 1.165) is 18.2 Å². The molecule has 3 rings (SSSR count). The average Bonchev–Trinajstić information content (AvgIpc) is 2.69. The first-order chi connectivity index (χ1) is 13.2. The molecule has 0 radical (unpaired) electrons. The molecule has 4 nitrogen and oxygen atoms in total. The molecule has 0 aliphatic carbocycles. The summed E-state index contributed by atoms with van der Waals surface area (Å²) in [5, 5.41) is 0. The van der Waals surface area contributed by atoms with E-state index in [9.17, 15) is 8.78 Å². The van der Waals surface area contributed by atoms with Gasteiger partial charge in [0.15, 0.2) is 5.75 Å². The van der Waals surface area contributed by atoms with Gasteiger partial charge in [0.2, 0.25) is 0 Å². The van der Waals surface area contributed by atoms with E-state index in [4.69, 9.17) is 14.3 Å². The Morgan fingerprint density at radius 2 is 1.63 bits per heavy atom. The topological polar surface area (TPSA) is 39.7 Å². The van der Waals surface area contributed by atoms with Crippen molar-refractivity contribution in [3.63, 3.8) is 0 Å². The second-order valence-corrected chi connectivity index (χ2v) is 5.63. The molecule has 0 saturated carbocycles. The highest BCUT2D eigenvalue weighted by Gasteiger charge is 2.07. The maximum absolute atomic E-state index is 13.6. The lowest BCUT2D eigenvalue weighted by Crippen LogP contribution is -2.01. The molecule has 27 heavy (non-hydrogen) atoms. The van der Waals surface area contributed by atoms with Crippen molar-refractivity contribution in [2.24, 2.45) is 0 Å². The average molecular weight is 371 g/mol. The normalized spacial score (nSPS) is 10.5. The van der Waals surface area contributed by atoms with Gasteiger partial charge in [0.25, 0.3) is 0 Å². The Bertz CT molecular complexity index is 885. The number of nitrogens with one attached hydrogen (secondary N) is 1. The number of rotatable bonds is 8. The van der Waals surface area contributed by atoms with E-state index in [0.29, 0.717) is 29.5 Å². The van der Waals surface area contributed by atoms with Gasteiger partial charge in [-0.2, -0.15) is 0 Å². The van der Waals surface area contributed by atoms with E-state index >= 15 is 0 Å². The highest BCUT2D eigenvalue weighted by molar-refractivity contribution is 5.56. The number of hydrogen-bond acceptors (Lipinski definition) is 4. The predicted molar refractivity (Wildman–Crippen MR) is 98.9 cm³/mol. The van der Waals surface area contributed by atoms with Crippen molar-refractivity contribution in [3.05, 3.63) is 83.9 Å². The molecule has 0 fully saturated rings. The van der Waals surface area contributed by atoms with Gasteiger partial charge >= 0.3 is 0 Å². The number of halogens is 2. The van der Waals surface area contributed by atoms with E-state index in [2.05, 4.69) is 5.48 Å². The summed E-state index contributed by atoms with van der Waals surface area (Å²) in [6, 6.07) is 17.5. The van der Waals surface area contributed by atoms with Gasteiger partial charge in [0.05, 0.1) is 6.61 Å². The van der Waals surface area contributed by atoms with Crippen LogP contribution in [0.3, 0.4) is 0 Å². The SMILES string of the molecule is CCONc1ccccc1Oc1ccc(OCc2cc(F)ccc2F)cc1. The Kier molecular flexibility index (Phi) is 6.22. The lowest BCUT2D eigenvalue weighted by atomic mass is 10.2. The molecule has 140 valence electrons. The van der Waals surface area contributed by atoms with Crippen LogP contribution in [0.15, 0.2) is 66.7 Å². The lowest BCUT2D eigenvalue weighted by Gasteiger charge is -2.13. The van der Waals surface area contributed by atoms with Crippen molar-refractivity contribution in [3.8, 4) is 17.2 Å². The van der Waals surface area contributed by atoms with Crippen LogP contribution in [0.5, 0.6) is 17.2 Å². The lowest BCUT2D eigenvalue weighted by molar-refractivity contribution is 0.209. The van der Waals surface area contributed by atoms with E-state index in [-0.39, 0.29) is 12.2 Å². The molecule has 0 heterocycles. The molecule has 0 unspecified atom stereocenters. The Morgan fingerprint density at radius 1 is 0.889 bits per heavy atom. The second-order valence-electron chi connectivity index (χ2n) is 5.63. The third-order valence-electron chi connectivity index (χ3n) is 3.67. The smallest absolute Gasteiger partial charge is 0.152 e. The number of para-hydroxylation sites is 2. The first-order valence-electron chi connectivity index (χ1n) is 8.47. The molecule has 0 bridgehead atoms. The minimum absolute atomic E-state index is 0.0646. The van der Waals surface area contributed by atoms with Gasteiger partial charge in [-0.15, -0.1) is 0 Å². The summed E-state index contributed by atoms with van der Waals surface area (Å²) in [5.74, 6) is 0.728. The molecule has 0 amide bonds. The van der Waals surface area contributed by atoms with Crippen LogP contribution in [0.4, 0.5) is 14.5 Å². The molecule has 6 heteroatoms. The maximum Gasteiger partial charge on any atom is 0.152 e. The summed E-state index contributed by atoms with van der Waals surface area (Å²) in [6.07, 6.45) is 0. The molecule has 0 saturated heterocycles. The summed E-state index contributed by atoms with van der Waals surface area (Å²) in [5.41, 5.74) is 3.70. The van der Waals surface area contributed by atoms with Crippen molar-refractivity contribution >= 4 is 5.69 Å². The molecule has 0 aliphatic heterocycles. The zero-order valence-corrected chi connectivity index (χ0v) is 14.7. The molecule has 0 atom stereocenters. The van der Waals surface area contributed by atoms with Crippen LogP contribution in [-0.4, -0.2) is 6.61 Å². The van der Waals surface area contributed by atoms with Crippen LogP contribution < -0.4 is 15.0 Å². The molecule has 3 aromatic rings. The molecular weight excluding hydrogens is 352 g/mol. The molecular formula is C21H19F2NO3. The third-order valence-corrected chi connectivity index (χ3v) is 3.67. The number of anilines is 1. The summed E-state index contributed by atoms with van der Waals surface area (Å²) in [4.78, 5) is 5.20. The van der Waals surface area contributed by atoms with E-state index in [1.165, 1.54) is 0 Å². The van der Waals surface area contributed by atoms with Crippen LogP contribution in [0.1, 0.15) is 12.5 Å². The molecule has 0 aliphatic rings. The molecule has 0 aromatic heterocycles. The Hall–Kier alpha value is -3.12. The van der Waals surface area contributed by atoms with Gasteiger partial charge in [-0.3, -0.25) is 10.3 Å². The Labute approximate surface area is 156 Å². The van der Waals surface area contributed by atoms with Crippen LogP contribution in [0, 0.1) is 11.6 Å². The fourth-order valence-corrected chi connectivity index (χ4v) is 2.34. The first kappa shape index (κ1) is 18.7. The zero-order chi connectivity index (χ0) is 19.1. The van der Waals surface area contributed by atoms with Crippen molar-refractivity contribution in [2.45, 2.75) is 13.5 Å². The van der Waals surface area contributed by atoms with Crippen molar-refractivity contribution in [1.29, 1.82) is 0 Å². The zero-order valence-electron chi connectivity index (χ0n) is 14.7. The molecule has 0 spiro atoms. The fourth-order valence-electron chi connectivity index (χ4n) is 2.34. The summed E-state index contributed by atoms with van der Waals surface area (Å²) in [7, 11) is 0. The van der Waals surface area contributed by atoms with Gasteiger partial charge in [0.1, 0.15) is 35.4 Å². The van der Waals surface area contributed by atoms with Crippen LogP contribution >= 0.6 is 0 Å². The maximum atomic E-state index is 13.6. The second kappa shape index (κ2) is 9.00. The van der Waals surface area contributed by atoms with Gasteiger partial charge < -0.3 is 9.47 Å². The standard InChI is InChI=1S/C21H19F2NO3/c1-2-26-24-20-5-3-4-6-21(20)27-18-10-8-17(9-11-18)25-14-15-13-16(22)7-12-19(15)23/h3-13,24H,2,14H2,1H3. The van der Waals surface area contributed by atoms with Crippen LogP contribution in [0.25, 0.3) is 0 Å². The molecule has 3 aromatic carbocycles. The largest absolute Gasteiger partial charge is 0.489 e. The van der Waals surface area contributed by atoms with E-state index in [1.807, 2.05) is 31.2 Å². The minimum atomic E-state index is -0.505. The summed E-state index contributed by atoms with van der Waals surface area (Å²) < 4.78 is 38.2. The van der Waals surface area contributed by atoms with Gasteiger partial charge in [-0.05, 0) is 61.5 Å². The highest BCUT2D eigenvalue weighted by Crippen LogP contribution is 2.30. The monoisotopic (exact) mass is 371 g/mol. The predicted octanol–water partition coefficient (Wildman–Crippen LogP) is 5.70. The Morgan fingerprint density at radius 3 is 2.41 bits per heavy atom. The van der Waals surface area contributed by atoms with Crippen molar-refractivity contribution in [2.75, 3.05) is 12.1 Å². The highest BCUT2D eigenvalue weighted by atomic mass is 19.1. The minimum Gasteiger partial charge on any atom is -0.489 e. The third kappa shape index (κ3) is 5.18. The van der Waals surface area contributed by atoms with Gasteiger partial charge in [0, 0.05) is 5.56 Å². The number of ether oxygens (including phenoxy) is 2. The van der Waals surface area contributed by atoms with Crippen LogP contribution in [0.2, 0.25) is 0 Å². The number of hydrogen-bond donors (Lipinski definition) is 1.